The summed E-state index contributed by atoms with van der Waals surface area (Å²) in [4.78, 5) is 114. The molecule has 4 rings (SSSR count). The van der Waals surface area contributed by atoms with Crippen molar-refractivity contribution in [1.82, 2.24) is 30.7 Å². The number of likely N-dealkylation sites (N-methyl/N-ethyl adjacent to an activating group) is 2. The molecule has 1 aliphatic carbocycles. The fourth-order valence-electron chi connectivity index (χ4n) is 11.4. The largest absolute Gasteiger partial charge is 0.445 e. The summed E-state index contributed by atoms with van der Waals surface area (Å²) in [7, 11) is 6.18. The Morgan fingerprint density at radius 2 is 1.56 bits per heavy atom. The molecule has 0 saturated carbocycles. The number of methoxy groups -OCH3 is 2. The fraction of sp³-hybridized carbons (Fsp3) is 0.645. The van der Waals surface area contributed by atoms with Gasteiger partial charge in [-0.25, -0.2) is 9.59 Å². The van der Waals surface area contributed by atoms with E-state index in [1.807, 2.05) is 58.0 Å². The lowest BCUT2D eigenvalue weighted by atomic mass is 9.83. The molecule has 2 aliphatic rings. The number of anilines is 1. The number of carbonyl (C=O) groups is 8. The van der Waals surface area contributed by atoms with E-state index in [-0.39, 0.29) is 96.5 Å². The van der Waals surface area contributed by atoms with Gasteiger partial charge in [0.2, 0.25) is 29.5 Å². The minimum absolute atomic E-state index is 0.00798. The van der Waals surface area contributed by atoms with Gasteiger partial charge in [0, 0.05) is 66.2 Å². The van der Waals surface area contributed by atoms with Crippen molar-refractivity contribution in [3.8, 4) is 5.75 Å². The number of benzene rings is 2. The Morgan fingerprint density at radius 3 is 2.19 bits per heavy atom. The van der Waals surface area contributed by atoms with Gasteiger partial charge in [0.25, 0.3) is 0 Å². The number of aliphatic hydroxyl groups excluding tert-OH is 1. The quantitative estimate of drug-likeness (QED) is 0.0328. The molecule has 7 amide bonds. The molecular formula is C62H95BrN8O13. The Hall–Kier alpha value is -5.94. The summed E-state index contributed by atoms with van der Waals surface area (Å²) in [5.74, 6) is -4.32. The van der Waals surface area contributed by atoms with Crippen LogP contribution < -0.4 is 31.7 Å². The second-order valence-electron chi connectivity index (χ2n) is 23.2. The third-order valence-corrected chi connectivity index (χ3v) is 16.9. The molecule has 12 atom stereocenters. The zero-order chi connectivity index (χ0) is 62.4. The highest BCUT2D eigenvalue weighted by Crippen LogP contribution is 2.33. The monoisotopic (exact) mass is 1240 g/mol. The van der Waals surface area contributed by atoms with Crippen molar-refractivity contribution >= 4 is 69.1 Å². The van der Waals surface area contributed by atoms with Crippen LogP contribution in [0, 0.1) is 29.6 Å². The van der Waals surface area contributed by atoms with E-state index in [0.29, 0.717) is 43.4 Å². The van der Waals surface area contributed by atoms with Crippen LogP contribution in [-0.2, 0) is 49.6 Å². The van der Waals surface area contributed by atoms with Gasteiger partial charge < -0.3 is 65.8 Å². The summed E-state index contributed by atoms with van der Waals surface area (Å²) >= 11 is 3.08. The normalized spacial score (nSPS) is 19.8. The lowest BCUT2D eigenvalue weighted by Gasteiger charge is -2.41. The standard InChI is InChI=1S/C62H95BrN8O13/c1-13-39(6)56(51(81-11)34-54(75)71-31-21-26-48(71)58(82-12)40(7)59(77)66-41(8)57(76)43-22-17-16-18-23-43)69(9)60(78)44(37(2)3)33-49(72)55(38(4)5)70(10)62(80)83-36-42-27-28-50(47(32-42)67-52(73)29-30-65-53(74)35-63)84-61(79)68-46-25-20-15-14-19-24-45(46)64/h16-19,22-24,27-28,32,37-41,44-46,48,51,55-58,76H,13-15,20-21,25-26,29-31,33-36,64H2,1-12H3,(H,65,74)(H,66,77)(H,67,73)(H,68,79)/b24-19+/t39-,40+,41+,44-,45-,46?,48-,51+,55-,56-,57+,58+/m0/s1. The first kappa shape index (κ1) is 70.5. The Balaban J connectivity index is 1.46. The predicted molar refractivity (Wildman–Crippen MR) is 325 cm³/mol. The van der Waals surface area contributed by atoms with Gasteiger partial charge in [0.05, 0.1) is 71.9 Å². The number of alkyl halides is 1. The molecule has 1 unspecified atom stereocenters. The Labute approximate surface area is 505 Å². The Kier molecular flexibility index (Phi) is 29.3. The van der Waals surface area contributed by atoms with E-state index in [0.717, 1.165) is 19.3 Å². The number of allylic oxidation sites excluding steroid dienone is 1. The smallest absolute Gasteiger partial charge is 0.412 e. The van der Waals surface area contributed by atoms with Crippen molar-refractivity contribution in [3.63, 3.8) is 0 Å². The predicted octanol–water partition coefficient (Wildman–Crippen LogP) is 7.42. The van der Waals surface area contributed by atoms with Gasteiger partial charge in [-0.2, -0.15) is 0 Å². The van der Waals surface area contributed by atoms with Crippen molar-refractivity contribution in [2.75, 3.05) is 52.1 Å². The number of nitrogens with two attached hydrogens (primary N) is 1. The lowest BCUT2D eigenvalue weighted by molar-refractivity contribution is -0.149. The fourth-order valence-corrected chi connectivity index (χ4v) is 11.6. The number of aliphatic hydroxyl groups is 1. The van der Waals surface area contributed by atoms with Crippen molar-refractivity contribution < 1.29 is 62.4 Å². The van der Waals surface area contributed by atoms with Gasteiger partial charge in [-0.05, 0) is 80.0 Å². The average Bonchev–Trinajstić information content (AvgIpc) is 3.81. The van der Waals surface area contributed by atoms with Crippen LogP contribution in [0.3, 0.4) is 0 Å². The summed E-state index contributed by atoms with van der Waals surface area (Å²) in [5.41, 5.74) is 7.51. The van der Waals surface area contributed by atoms with Crippen LogP contribution in [0.5, 0.6) is 5.75 Å². The molecule has 1 aliphatic heterocycles. The Morgan fingerprint density at radius 1 is 0.857 bits per heavy atom. The first-order valence-corrected chi connectivity index (χ1v) is 30.7. The maximum Gasteiger partial charge on any atom is 0.412 e. The van der Waals surface area contributed by atoms with Gasteiger partial charge in [-0.15, -0.1) is 0 Å². The molecule has 468 valence electrons. The molecule has 1 heterocycles. The van der Waals surface area contributed by atoms with Crippen LogP contribution >= 0.6 is 15.9 Å². The molecule has 1 fully saturated rings. The summed E-state index contributed by atoms with van der Waals surface area (Å²) in [6, 6.07) is 10.2. The van der Waals surface area contributed by atoms with Crippen molar-refractivity contribution in [2.24, 2.45) is 35.3 Å². The maximum absolute atomic E-state index is 14.9. The number of hydrogen-bond acceptors (Lipinski definition) is 14. The molecule has 0 spiro atoms. The minimum Gasteiger partial charge on any atom is -0.445 e. The number of rotatable bonds is 30. The second kappa shape index (κ2) is 34.9. The first-order chi connectivity index (χ1) is 39.9. The van der Waals surface area contributed by atoms with E-state index in [9.17, 15) is 43.5 Å². The topological polar surface area (TPSA) is 278 Å². The molecule has 0 radical (unpaired) electrons. The zero-order valence-electron chi connectivity index (χ0n) is 51.4. The highest BCUT2D eigenvalue weighted by molar-refractivity contribution is 9.09. The highest BCUT2D eigenvalue weighted by Gasteiger charge is 2.44. The third kappa shape index (κ3) is 20.4. The second-order valence-corrected chi connectivity index (χ2v) is 23.7. The molecular weight excluding hydrogens is 1140 g/mol. The van der Waals surface area contributed by atoms with Crippen LogP contribution in [0.25, 0.3) is 0 Å². The molecule has 1 saturated heterocycles. The number of nitrogens with zero attached hydrogens (tertiary/aromatic N) is 3. The number of ether oxygens (including phenoxy) is 4. The number of carbonyl (C=O) groups excluding carboxylic acids is 8. The zero-order valence-corrected chi connectivity index (χ0v) is 53.0. The van der Waals surface area contributed by atoms with Crippen LogP contribution in [0.1, 0.15) is 137 Å². The van der Waals surface area contributed by atoms with E-state index >= 15 is 0 Å². The molecule has 7 N–H and O–H groups in total. The van der Waals surface area contributed by atoms with E-state index in [1.54, 1.807) is 62.7 Å². The van der Waals surface area contributed by atoms with Crippen LogP contribution in [0.15, 0.2) is 60.7 Å². The van der Waals surface area contributed by atoms with Crippen molar-refractivity contribution in [1.29, 1.82) is 0 Å². The SMILES string of the molecule is CC[C@H](C)[C@@H]([C@@H](CC(=O)N1CCC[C@H]1[C@H](OC)[C@@H](C)C(=O)N[C@H](C)[C@@H](O)c1ccccc1)OC)N(C)C(=O)[C@@H](CC(=O)[C@H](C(C)C)N(C)C(=O)OCc1ccc(OC(=O)NC2CCCC/C=C/[C@@H]2N)c(NC(=O)CCNC(=O)CBr)c1)C(C)C. The summed E-state index contributed by atoms with van der Waals surface area (Å²) in [5, 5.41) is 22.1. The third-order valence-electron chi connectivity index (χ3n) is 16.4. The molecule has 84 heavy (non-hydrogen) atoms. The highest BCUT2D eigenvalue weighted by atomic mass is 79.9. The lowest BCUT2D eigenvalue weighted by Crippen LogP contribution is -2.55. The molecule has 22 heteroatoms. The van der Waals surface area contributed by atoms with E-state index in [1.165, 1.54) is 38.3 Å². The average molecular weight is 1240 g/mol. The number of nitrogens with one attached hydrogen (secondary N) is 4. The minimum atomic E-state index is -0.996. The number of Topliss-reactive ketones (excluding diaryl/α,β-unsaturated/α-hetero) is 1. The van der Waals surface area contributed by atoms with Crippen molar-refractivity contribution in [2.45, 2.75) is 181 Å². The molecule has 2 aromatic rings. The van der Waals surface area contributed by atoms with Gasteiger partial charge in [-0.1, -0.05) is 126 Å². The number of ketones is 1. The summed E-state index contributed by atoms with van der Waals surface area (Å²) in [6.07, 6.45) is 4.86. The van der Waals surface area contributed by atoms with E-state index < -0.39 is 84.4 Å². The summed E-state index contributed by atoms with van der Waals surface area (Å²) in [6.45, 7) is 15.0. The van der Waals surface area contributed by atoms with Crippen molar-refractivity contribution in [3.05, 3.63) is 71.8 Å². The van der Waals surface area contributed by atoms with Crippen LogP contribution in [-0.4, -0.2) is 163 Å². The first-order valence-electron chi connectivity index (χ1n) is 29.6. The van der Waals surface area contributed by atoms with Gasteiger partial charge in [0.1, 0.15) is 6.61 Å². The molecule has 21 nitrogen and oxygen atoms in total. The Bertz CT molecular complexity index is 2520. The summed E-state index contributed by atoms with van der Waals surface area (Å²) < 4.78 is 23.5. The van der Waals surface area contributed by atoms with E-state index in [2.05, 4.69) is 37.2 Å². The van der Waals surface area contributed by atoms with Gasteiger partial charge in [-0.3, -0.25) is 28.8 Å². The van der Waals surface area contributed by atoms with Gasteiger partial charge in [0.15, 0.2) is 11.5 Å². The number of hydrogen-bond donors (Lipinski definition) is 6. The maximum atomic E-state index is 14.9. The van der Waals surface area contributed by atoms with Crippen LogP contribution in [0.4, 0.5) is 15.3 Å². The van der Waals surface area contributed by atoms with Crippen LogP contribution in [0.2, 0.25) is 0 Å². The molecule has 0 bridgehead atoms. The number of likely N-dealkylation sites (tertiary alicyclic amines) is 1. The van der Waals surface area contributed by atoms with Gasteiger partial charge >= 0.3 is 12.2 Å². The number of amides is 7. The van der Waals surface area contributed by atoms with E-state index in [4.69, 9.17) is 24.7 Å². The number of halogens is 1. The molecule has 0 aromatic heterocycles. The molecule has 2 aromatic carbocycles.